The molecule has 3 N–H and O–H groups in total. The van der Waals surface area contributed by atoms with Crippen LogP contribution in [0.4, 0.5) is 0 Å². The Morgan fingerprint density at radius 1 is 1.28 bits per heavy atom. The zero-order valence-electron chi connectivity index (χ0n) is 13.2. The maximum absolute atomic E-state index is 10.4. The summed E-state index contributed by atoms with van der Waals surface area (Å²) >= 11 is 7.65. The van der Waals surface area contributed by atoms with E-state index in [0.29, 0.717) is 10.7 Å². The number of ether oxygens (including phenoxy) is 1. The minimum absolute atomic E-state index is 0.386. The second kappa shape index (κ2) is 6.39. The summed E-state index contributed by atoms with van der Waals surface area (Å²) in [4.78, 5) is 8.68. The van der Waals surface area contributed by atoms with Crippen LogP contribution in [0.25, 0.3) is 21.9 Å². The molecule has 7 nitrogen and oxygen atoms in total. The number of hydrogen-bond acceptors (Lipinski definition) is 7. The van der Waals surface area contributed by atoms with Crippen LogP contribution in [0.3, 0.4) is 0 Å². The first-order chi connectivity index (χ1) is 12.1. The van der Waals surface area contributed by atoms with E-state index in [1.807, 2.05) is 18.4 Å². The Morgan fingerprint density at radius 3 is 2.76 bits per heavy atom. The number of hydrogen-bond donors (Lipinski definition) is 3. The normalized spacial score (nSPS) is 26.8. The molecule has 25 heavy (non-hydrogen) atoms. The summed E-state index contributed by atoms with van der Waals surface area (Å²) in [6.45, 7) is -0.386. The predicted octanol–water partition coefficient (Wildman–Crippen LogP) is 1.57. The van der Waals surface area contributed by atoms with Gasteiger partial charge in [0.15, 0.2) is 6.23 Å². The van der Waals surface area contributed by atoms with Crippen LogP contribution in [-0.2, 0) is 4.74 Å². The van der Waals surface area contributed by atoms with Gasteiger partial charge < -0.3 is 20.1 Å². The maximum Gasteiger partial charge on any atom is 0.165 e. The van der Waals surface area contributed by atoms with Gasteiger partial charge in [-0.1, -0.05) is 11.6 Å². The van der Waals surface area contributed by atoms with Gasteiger partial charge in [-0.15, -0.1) is 11.8 Å². The lowest BCUT2D eigenvalue weighted by Gasteiger charge is -2.18. The fraction of sp³-hybridized carbons (Fsp3) is 0.375. The van der Waals surface area contributed by atoms with E-state index in [0.717, 1.165) is 21.3 Å². The SMILES string of the molecule is CSc1ncnc2c1c1cc(Cl)ccc1n2[C@@H]1O[C@H](CO)[C@@H](O)[C@@H]1O. The first-order valence-electron chi connectivity index (χ1n) is 7.67. The van der Waals surface area contributed by atoms with Crippen LogP contribution in [0, 0.1) is 0 Å². The third-order valence-electron chi connectivity index (χ3n) is 4.47. The van der Waals surface area contributed by atoms with E-state index >= 15 is 0 Å². The summed E-state index contributed by atoms with van der Waals surface area (Å²) in [5.41, 5.74) is 1.33. The minimum Gasteiger partial charge on any atom is -0.394 e. The molecular formula is C16H16ClN3O4S. The number of benzene rings is 1. The lowest BCUT2D eigenvalue weighted by molar-refractivity contribution is -0.0489. The average Bonchev–Trinajstić information content (AvgIpc) is 3.09. The molecule has 3 heterocycles. The molecule has 0 amide bonds. The van der Waals surface area contributed by atoms with Gasteiger partial charge in [0.25, 0.3) is 0 Å². The van der Waals surface area contributed by atoms with Crippen LogP contribution in [-0.4, -0.2) is 61.0 Å². The van der Waals surface area contributed by atoms with Gasteiger partial charge in [-0.3, -0.25) is 4.57 Å². The van der Waals surface area contributed by atoms with Crippen LogP contribution in [0.1, 0.15) is 6.23 Å². The highest BCUT2D eigenvalue weighted by Crippen LogP contribution is 2.40. The molecule has 4 rings (SSSR count). The Balaban J connectivity index is 2.03. The fourth-order valence-corrected chi connectivity index (χ4v) is 4.05. The van der Waals surface area contributed by atoms with E-state index in [1.54, 1.807) is 10.6 Å². The molecule has 1 saturated heterocycles. The molecule has 0 unspecified atom stereocenters. The molecule has 9 heteroatoms. The number of thioether (sulfide) groups is 1. The predicted molar refractivity (Wildman–Crippen MR) is 94.8 cm³/mol. The van der Waals surface area contributed by atoms with Crippen LogP contribution in [0.5, 0.6) is 0 Å². The van der Waals surface area contributed by atoms with E-state index in [4.69, 9.17) is 16.3 Å². The van der Waals surface area contributed by atoms with Gasteiger partial charge in [0.05, 0.1) is 17.5 Å². The number of aliphatic hydroxyl groups excluding tert-OH is 3. The molecule has 0 bridgehead atoms. The van der Waals surface area contributed by atoms with Crippen molar-refractivity contribution >= 4 is 45.3 Å². The summed E-state index contributed by atoms with van der Waals surface area (Å²) in [6.07, 6.45) is -0.746. The van der Waals surface area contributed by atoms with E-state index in [1.165, 1.54) is 18.1 Å². The highest BCUT2D eigenvalue weighted by Gasteiger charge is 2.44. The summed E-state index contributed by atoms with van der Waals surface area (Å²) in [5, 5.41) is 32.9. The smallest absolute Gasteiger partial charge is 0.165 e. The number of fused-ring (bicyclic) bond motifs is 3. The number of aliphatic hydroxyl groups is 3. The largest absolute Gasteiger partial charge is 0.394 e. The van der Waals surface area contributed by atoms with Gasteiger partial charge in [-0.2, -0.15) is 0 Å². The molecule has 1 fully saturated rings. The van der Waals surface area contributed by atoms with Gasteiger partial charge in [-0.25, -0.2) is 9.97 Å². The molecule has 0 saturated carbocycles. The standard InChI is InChI=1S/C16H16ClN3O4S/c1-25-15-11-8-4-7(17)2-3-9(8)20(14(11)18-6-19-15)16-13(23)12(22)10(5-21)24-16/h2-4,6,10,12-13,16,21-23H,5H2,1H3/t10-,12-,13+,16-/m1/s1. The van der Waals surface area contributed by atoms with Gasteiger partial charge in [0.1, 0.15) is 35.3 Å². The van der Waals surface area contributed by atoms with Crippen molar-refractivity contribution in [2.24, 2.45) is 0 Å². The molecule has 1 aromatic carbocycles. The molecular weight excluding hydrogens is 366 g/mol. The van der Waals surface area contributed by atoms with Gasteiger partial charge >= 0.3 is 0 Å². The first-order valence-corrected chi connectivity index (χ1v) is 9.27. The lowest BCUT2D eigenvalue weighted by Crippen LogP contribution is -2.33. The van der Waals surface area contributed by atoms with Crippen molar-refractivity contribution < 1.29 is 20.1 Å². The van der Waals surface area contributed by atoms with Crippen LogP contribution >= 0.6 is 23.4 Å². The lowest BCUT2D eigenvalue weighted by atomic mass is 10.1. The Morgan fingerprint density at radius 2 is 2.08 bits per heavy atom. The van der Waals surface area contributed by atoms with Crippen molar-refractivity contribution in [2.45, 2.75) is 29.6 Å². The Hall–Kier alpha value is -1.42. The topological polar surface area (TPSA) is 101 Å². The molecule has 0 aliphatic carbocycles. The summed E-state index contributed by atoms with van der Waals surface area (Å²) < 4.78 is 7.44. The van der Waals surface area contributed by atoms with Crippen molar-refractivity contribution in [3.8, 4) is 0 Å². The highest BCUT2D eigenvalue weighted by molar-refractivity contribution is 7.98. The van der Waals surface area contributed by atoms with E-state index in [9.17, 15) is 15.3 Å². The van der Waals surface area contributed by atoms with Crippen molar-refractivity contribution in [3.05, 3.63) is 29.5 Å². The number of rotatable bonds is 3. The molecule has 2 aromatic heterocycles. The second-order valence-electron chi connectivity index (χ2n) is 5.84. The molecule has 1 aliphatic heterocycles. The van der Waals surface area contributed by atoms with Crippen LogP contribution < -0.4 is 0 Å². The van der Waals surface area contributed by atoms with E-state index < -0.39 is 24.5 Å². The number of halogens is 1. The van der Waals surface area contributed by atoms with Crippen molar-refractivity contribution in [2.75, 3.05) is 12.9 Å². The number of nitrogens with zero attached hydrogens (tertiary/aromatic N) is 3. The molecule has 1 aliphatic rings. The summed E-state index contributed by atoms with van der Waals surface area (Å²) in [7, 11) is 0. The molecule has 132 valence electrons. The summed E-state index contributed by atoms with van der Waals surface area (Å²) in [6, 6.07) is 5.38. The fourth-order valence-electron chi connectivity index (χ4n) is 3.32. The van der Waals surface area contributed by atoms with Gasteiger partial charge in [0, 0.05) is 10.4 Å². The van der Waals surface area contributed by atoms with E-state index in [-0.39, 0.29) is 6.61 Å². The number of aromatic nitrogens is 3. The van der Waals surface area contributed by atoms with Gasteiger partial charge in [0.2, 0.25) is 0 Å². The quantitative estimate of drug-likeness (QED) is 0.467. The van der Waals surface area contributed by atoms with Crippen molar-refractivity contribution in [1.82, 2.24) is 14.5 Å². The van der Waals surface area contributed by atoms with Gasteiger partial charge in [-0.05, 0) is 24.5 Å². The minimum atomic E-state index is -1.20. The third-order valence-corrected chi connectivity index (χ3v) is 5.40. The second-order valence-corrected chi connectivity index (χ2v) is 7.07. The van der Waals surface area contributed by atoms with Crippen molar-refractivity contribution in [3.63, 3.8) is 0 Å². The van der Waals surface area contributed by atoms with Crippen molar-refractivity contribution in [1.29, 1.82) is 0 Å². The highest BCUT2D eigenvalue weighted by atomic mass is 35.5. The first kappa shape index (κ1) is 17.0. The third kappa shape index (κ3) is 2.52. The zero-order chi connectivity index (χ0) is 17.7. The Kier molecular flexibility index (Phi) is 4.35. The van der Waals surface area contributed by atoms with E-state index in [2.05, 4.69) is 9.97 Å². The summed E-state index contributed by atoms with van der Waals surface area (Å²) in [5.74, 6) is 0. The molecule has 0 spiro atoms. The Labute approximate surface area is 152 Å². The molecule has 0 radical (unpaired) electrons. The maximum atomic E-state index is 10.4. The van der Waals surface area contributed by atoms with Crippen LogP contribution in [0.2, 0.25) is 5.02 Å². The Bertz CT molecular complexity index is 950. The van der Waals surface area contributed by atoms with Crippen LogP contribution in [0.15, 0.2) is 29.6 Å². The average molecular weight is 382 g/mol. The monoisotopic (exact) mass is 381 g/mol. The molecule has 4 atom stereocenters. The zero-order valence-corrected chi connectivity index (χ0v) is 14.8. The molecule has 3 aromatic rings.